The van der Waals surface area contributed by atoms with Crippen LogP contribution in [0.2, 0.25) is 5.02 Å². The lowest BCUT2D eigenvalue weighted by molar-refractivity contribution is 0.632. The largest absolute Gasteiger partial charge is 0.360 e. The third-order valence-corrected chi connectivity index (χ3v) is 2.87. The molecule has 1 aromatic rings. The third-order valence-electron chi connectivity index (χ3n) is 2.36. The van der Waals surface area contributed by atoms with Gasteiger partial charge in [0.25, 0.3) is 0 Å². The van der Waals surface area contributed by atoms with Crippen LogP contribution in [0.4, 0.5) is 0 Å². The first-order valence-corrected chi connectivity index (χ1v) is 6.19. The van der Waals surface area contributed by atoms with Gasteiger partial charge in [-0.2, -0.15) is 0 Å². The Morgan fingerprint density at radius 2 is 2.00 bits per heavy atom. The van der Waals surface area contributed by atoms with Crippen molar-refractivity contribution in [2.75, 3.05) is 0 Å². The second kappa shape index (κ2) is 6.71. The summed E-state index contributed by atoms with van der Waals surface area (Å²) in [7, 11) is 0. The van der Waals surface area contributed by atoms with Crippen molar-refractivity contribution in [3.05, 3.63) is 34.9 Å². The molecule has 0 amide bonds. The molecule has 0 aliphatic rings. The van der Waals surface area contributed by atoms with E-state index in [0.29, 0.717) is 11.2 Å². The van der Waals surface area contributed by atoms with Crippen molar-refractivity contribution < 1.29 is 0 Å². The minimum absolute atomic E-state index is 0.408. The highest BCUT2D eigenvalue weighted by Gasteiger charge is 2.00. The maximum absolute atomic E-state index is 5.80. The highest BCUT2D eigenvalue weighted by molar-refractivity contribution is 7.80. The molecule has 0 saturated heterocycles. The van der Waals surface area contributed by atoms with E-state index in [1.807, 2.05) is 24.3 Å². The number of hydrogen-bond donors (Lipinski definition) is 2. The van der Waals surface area contributed by atoms with Gasteiger partial charge in [-0.3, -0.25) is 0 Å². The van der Waals surface area contributed by atoms with Gasteiger partial charge in [-0.1, -0.05) is 30.7 Å². The van der Waals surface area contributed by atoms with Gasteiger partial charge in [0.2, 0.25) is 0 Å². The molecule has 2 nitrogen and oxygen atoms in total. The monoisotopic (exact) mass is 256 g/mol. The van der Waals surface area contributed by atoms with Crippen LogP contribution < -0.4 is 10.6 Å². The molecule has 16 heavy (non-hydrogen) atoms. The number of nitrogens with one attached hydrogen (secondary N) is 2. The van der Waals surface area contributed by atoms with Crippen LogP contribution in [0.5, 0.6) is 0 Å². The third kappa shape index (κ3) is 4.81. The summed E-state index contributed by atoms with van der Waals surface area (Å²) in [6.45, 7) is 4.95. The molecule has 1 aromatic carbocycles. The summed E-state index contributed by atoms with van der Waals surface area (Å²) < 4.78 is 0. The number of benzene rings is 1. The van der Waals surface area contributed by atoms with Crippen molar-refractivity contribution in [3.8, 4) is 0 Å². The van der Waals surface area contributed by atoms with Crippen molar-refractivity contribution in [1.29, 1.82) is 0 Å². The Bertz CT molecular complexity index is 337. The molecule has 0 fully saturated rings. The van der Waals surface area contributed by atoms with Crippen LogP contribution in [0.25, 0.3) is 0 Å². The van der Waals surface area contributed by atoms with Gasteiger partial charge in [-0.25, -0.2) is 0 Å². The fourth-order valence-electron chi connectivity index (χ4n) is 1.16. The second-order valence-electron chi connectivity index (χ2n) is 3.76. The van der Waals surface area contributed by atoms with E-state index < -0.39 is 0 Å². The first-order valence-electron chi connectivity index (χ1n) is 5.40. The number of hydrogen-bond acceptors (Lipinski definition) is 1. The smallest absolute Gasteiger partial charge is 0.166 e. The lowest BCUT2D eigenvalue weighted by Crippen LogP contribution is -2.39. The Morgan fingerprint density at radius 1 is 1.38 bits per heavy atom. The van der Waals surface area contributed by atoms with E-state index in [9.17, 15) is 0 Å². The molecule has 0 radical (unpaired) electrons. The number of thiocarbonyl (C=S) groups is 1. The SMILES string of the molecule is CCC(C)NC(=S)NCc1ccc(Cl)cc1. The maximum Gasteiger partial charge on any atom is 0.166 e. The van der Waals surface area contributed by atoms with Crippen LogP contribution in [0, 0.1) is 0 Å². The second-order valence-corrected chi connectivity index (χ2v) is 4.61. The Morgan fingerprint density at radius 3 is 2.56 bits per heavy atom. The van der Waals surface area contributed by atoms with Gasteiger partial charge >= 0.3 is 0 Å². The van der Waals surface area contributed by atoms with E-state index >= 15 is 0 Å². The fourth-order valence-corrected chi connectivity index (χ4v) is 1.56. The highest BCUT2D eigenvalue weighted by Crippen LogP contribution is 2.08. The minimum Gasteiger partial charge on any atom is -0.360 e. The zero-order valence-corrected chi connectivity index (χ0v) is 11.2. The van der Waals surface area contributed by atoms with E-state index in [1.165, 1.54) is 0 Å². The predicted octanol–water partition coefficient (Wildman–Crippen LogP) is 3.10. The fraction of sp³-hybridized carbons (Fsp3) is 0.417. The number of rotatable bonds is 4. The molecule has 2 N–H and O–H groups in total. The Hall–Kier alpha value is -0.800. The van der Waals surface area contributed by atoms with Crippen LogP contribution in [-0.4, -0.2) is 11.2 Å². The molecule has 88 valence electrons. The molecule has 0 bridgehead atoms. The zero-order chi connectivity index (χ0) is 12.0. The standard InChI is InChI=1S/C12H17ClN2S/c1-3-9(2)15-12(16)14-8-10-4-6-11(13)7-5-10/h4-7,9H,3,8H2,1-2H3,(H2,14,15,16). The molecule has 0 saturated carbocycles. The minimum atomic E-state index is 0.408. The molecular weight excluding hydrogens is 240 g/mol. The van der Waals surface area contributed by atoms with Crippen LogP contribution in [-0.2, 0) is 6.54 Å². The summed E-state index contributed by atoms with van der Waals surface area (Å²) in [6, 6.07) is 8.14. The summed E-state index contributed by atoms with van der Waals surface area (Å²) in [5, 5.41) is 7.82. The van der Waals surface area contributed by atoms with Crippen LogP contribution in [0.15, 0.2) is 24.3 Å². The Kier molecular flexibility index (Phi) is 5.56. The van der Waals surface area contributed by atoms with Crippen molar-refractivity contribution in [2.24, 2.45) is 0 Å². The van der Waals surface area contributed by atoms with E-state index in [2.05, 4.69) is 24.5 Å². The first-order chi connectivity index (χ1) is 7.61. The van der Waals surface area contributed by atoms with Crippen LogP contribution >= 0.6 is 23.8 Å². The van der Waals surface area contributed by atoms with Crippen LogP contribution in [0.3, 0.4) is 0 Å². The molecule has 1 rings (SSSR count). The normalized spacial score (nSPS) is 11.9. The van der Waals surface area contributed by atoms with Gasteiger partial charge in [-0.15, -0.1) is 0 Å². The quantitative estimate of drug-likeness (QED) is 0.810. The Balaban J connectivity index is 2.34. The Labute approximate surface area is 107 Å². The van der Waals surface area contributed by atoms with Crippen molar-refractivity contribution in [3.63, 3.8) is 0 Å². The van der Waals surface area contributed by atoms with Crippen molar-refractivity contribution >= 4 is 28.9 Å². The van der Waals surface area contributed by atoms with Crippen LogP contribution in [0.1, 0.15) is 25.8 Å². The topological polar surface area (TPSA) is 24.1 Å². The van der Waals surface area contributed by atoms with Gasteiger partial charge < -0.3 is 10.6 Å². The molecular formula is C12H17ClN2S. The molecule has 0 spiro atoms. The van der Waals surface area contributed by atoms with Gasteiger partial charge in [0.1, 0.15) is 0 Å². The molecule has 0 aliphatic heterocycles. The summed E-state index contributed by atoms with van der Waals surface area (Å²) in [5.41, 5.74) is 1.16. The lowest BCUT2D eigenvalue weighted by atomic mass is 10.2. The summed E-state index contributed by atoms with van der Waals surface area (Å²) in [4.78, 5) is 0. The molecule has 1 atom stereocenters. The summed E-state index contributed by atoms with van der Waals surface area (Å²) in [5.74, 6) is 0. The first kappa shape index (κ1) is 13.3. The average Bonchev–Trinajstić information content (AvgIpc) is 2.28. The van der Waals surface area contributed by atoms with E-state index in [1.54, 1.807) is 0 Å². The van der Waals surface area contributed by atoms with Crippen molar-refractivity contribution in [1.82, 2.24) is 10.6 Å². The maximum atomic E-state index is 5.80. The van der Waals surface area contributed by atoms with E-state index in [4.69, 9.17) is 23.8 Å². The van der Waals surface area contributed by atoms with E-state index in [0.717, 1.165) is 23.6 Å². The van der Waals surface area contributed by atoms with Gasteiger partial charge in [0.05, 0.1) is 0 Å². The van der Waals surface area contributed by atoms with Gasteiger partial charge in [-0.05, 0) is 43.3 Å². The molecule has 1 unspecified atom stereocenters. The molecule has 0 heterocycles. The van der Waals surface area contributed by atoms with E-state index in [-0.39, 0.29) is 0 Å². The molecule has 0 aromatic heterocycles. The predicted molar refractivity (Wildman–Crippen MR) is 73.8 cm³/mol. The number of halogens is 1. The van der Waals surface area contributed by atoms with Crippen molar-refractivity contribution in [2.45, 2.75) is 32.9 Å². The average molecular weight is 257 g/mol. The summed E-state index contributed by atoms with van der Waals surface area (Å²) >= 11 is 11.0. The van der Waals surface area contributed by atoms with Gasteiger partial charge in [0, 0.05) is 17.6 Å². The zero-order valence-electron chi connectivity index (χ0n) is 9.59. The van der Waals surface area contributed by atoms with Gasteiger partial charge in [0.15, 0.2) is 5.11 Å². The summed E-state index contributed by atoms with van der Waals surface area (Å²) in [6.07, 6.45) is 1.06. The molecule has 4 heteroatoms. The highest BCUT2D eigenvalue weighted by atomic mass is 35.5. The molecule has 0 aliphatic carbocycles. The lowest BCUT2D eigenvalue weighted by Gasteiger charge is -2.15.